The topological polar surface area (TPSA) is 6.48 Å². The Morgan fingerprint density at radius 2 is 1.53 bits per heavy atom. The van der Waals surface area contributed by atoms with Gasteiger partial charge in [-0.25, -0.2) is 0 Å². The molecule has 2 heterocycles. The number of piperidine rings is 1. The lowest BCUT2D eigenvalue weighted by Gasteiger charge is -2.30. The maximum absolute atomic E-state index is 2.65. The number of likely N-dealkylation sites (tertiary alicyclic amines) is 1. The van der Waals surface area contributed by atoms with Crippen LogP contribution in [0, 0.1) is 0 Å². The van der Waals surface area contributed by atoms with Crippen LogP contribution in [-0.2, 0) is 13.0 Å². The second-order valence-corrected chi connectivity index (χ2v) is 6.05. The molecule has 0 unspecified atom stereocenters. The van der Waals surface area contributed by atoms with Gasteiger partial charge in [0.05, 0.1) is 0 Å². The molecule has 0 amide bonds. The summed E-state index contributed by atoms with van der Waals surface area (Å²) in [5.41, 5.74) is 3.11. The molecule has 1 aromatic carbocycles. The largest absolute Gasteiger partial charge is 0.303 e. The van der Waals surface area contributed by atoms with Crippen LogP contribution in [-0.4, -0.2) is 42.5 Å². The van der Waals surface area contributed by atoms with Gasteiger partial charge in [0.1, 0.15) is 0 Å². The average Bonchev–Trinajstić information content (AvgIpc) is 2.48. The SMILES string of the molecule is c1ccc2c(c1)CCN(CCCN1CCCCC1)C2. The number of hydrogen-bond acceptors (Lipinski definition) is 2. The summed E-state index contributed by atoms with van der Waals surface area (Å²) in [7, 11) is 0. The monoisotopic (exact) mass is 258 g/mol. The fourth-order valence-corrected chi connectivity index (χ4v) is 3.45. The minimum atomic E-state index is 1.16. The number of rotatable bonds is 4. The Morgan fingerprint density at radius 3 is 2.37 bits per heavy atom. The Balaban J connectivity index is 1.42. The Morgan fingerprint density at radius 1 is 0.789 bits per heavy atom. The second kappa shape index (κ2) is 6.53. The van der Waals surface area contributed by atoms with Gasteiger partial charge in [-0.3, -0.25) is 4.90 Å². The predicted molar refractivity (Wildman–Crippen MR) is 80.3 cm³/mol. The summed E-state index contributed by atoms with van der Waals surface area (Å²) >= 11 is 0. The number of fused-ring (bicyclic) bond motifs is 1. The van der Waals surface area contributed by atoms with Crippen molar-refractivity contribution in [3.63, 3.8) is 0 Å². The second-order valence-electron chi connectivity index (χ2n) is 6.05. The van der Waals surface area contributed by atoms with Gasteiger partial charge in [-0.15, -0.1) is 0 Å². The average molecular weight is 258 g/mol. The van der Waals surface area contributed by atoms with Crippen molar-refractivity contribution in [1.82, 2.24) is 9.80 Å². The molecule has 1 aromatic rings. The van der Waals surface area contributed by atoms with E-state index in [9.17, 15) is 0 Å². The molecule has 0 radical (unpaired) electrons. The minimum absolute atomic E-state index is 1.16. The quantitative estimate of drug-likeness (QED) is 0.819. The van der Waals surface area contributed by atoms with Crippen LogP contribution in [0.3, 0.4) is 0 Å². The van der Waals surface area contributed by atoms with Gasteiger partial charge >= 0.3 is 0 Å². The summed E-state index contributed by atoms with van der Waals surface area (Å²) in [6.07, 6.45) is 6.84. The number of nitrogens with zero attached hydrogens (tertiary/aromatic N) is 2. The van der Waals surface area contributed by atoms with Gasteiger partial charge in [-0.2, -0.15) is 0 Å². The Hall–Kier alpha value is -0.860. The first kappa shape index (κ1) is 13.1. The molecule has 0 aromatic heterocycles. The van der Waals surface area contributed by atoms with Crippen LogP contribution in [0.4, 0.5) is 0 Å². The number of hydrogen-bond donors (Lipinski definition) is 0. The molecule has 2 aliphatic rings. The van der Waals surface area contributed by atoms with E-state index in [1.165, 1.54) is 64.8 Å². The molecule has 2 heteroatoms. The molecule has 2 nitrogen and oxygen atoms in total. The van der Waals surface area contributed by atoms with Crippen LogP contribution in [0.1, 0.15) is 36.8 Å². The van der Waals surface area contributed by atoms with Gasteiger partial charge in [-0.05, 0) is 63.0 Å². The zero-order chi connectivity index (χ0) is 12.9. The molecular weight excluding hydrogens is 232 g/mol. The predicted octanol–water partition coefficient (Wildman–Crippen LogP) is 2.92. The smallest absolute Gasteiger partial charge is 0.0236 e. The van der Waals surface area contributed by atoms with E-state index in [4.69, 9.17) is 0 Å². The summed E-state index contributed by atoms with van der Waals surface area (Å²) in [4.78, 5) is 5.29. The summed E-state index contributed by atoms with van der Waals surface area (Å²) in [6, 6.07) is 8.94. The molecule has 0 saturated carbocycles. The third kappa shape index (κ3) is 3.58. The van der Waals surface area contributed by atoms with E-state index in [-0.39, 0.29) is 0 Å². The third-order valence-electron chi connectivity index (χ3n) is 4.61. The normalized spacial score (nSPS) is 21.3. The van der Waals surface area contributed by atoms with Crippen molar-refractivity contribution >= 4 is 0 Å². The van der Waals surface area contributed by atoms with Gasteiger partial charge in [0.2, 0.25) is 0 Å². The highest BCUT2D eigenvalue weighted by molar-refractivity contribution is 5.28. The zero-order valence-corrected chi connectivity index (χ0v) is 12.0. The van der Waals surface area contributed by atoms with Crippen molar-refractivity contribution in [2.24, 2.45) is 0 Å². The number of benzene rings is 1. The molecule has 0 atom stereocenters. The summed E-state index contributed by atoms with van der Waals surface area (Å²) in [6.45, 7) is 7.65. The van der Waals surface area contributed by atoms with Crippen molar-refractivity contribution in [3.05, 3.63) is 35.4 Å². The van der Waals surface area contributed by atoms with Crippen LogP contribution in [0.25, 0.3) is 0 Å². The minimum Gasteiger partial charge on any atom is -0.303 e. The van der Waals surface area contributed by atoms with E-state index >= 15 is 0 Å². The molecule has 19 heavy (non-hydrogen) atoms. The molecular formula is C17H26N2. The summed E-state index contributed by atoms with van der Waals surface area (Å²) in [5, 5.41) is 0. The molecule has 0 aliphatic carbocycles. The summed E-state index contributed by atoms with van der Waals surface area (Å²) in [5.74, 6) is 0. The fraction of sp³-hybridized carbons (Fsp3) is 0.647. The standard InChI is InChI=1S/C17H26N2/c1-4-10-18(11-5-1)12-6-13-19-14-9-16-7-2-3-8-17(16)15-19/h2-3,7-8H,1,4-6,9-15H2. The van der Waals surface area contributed by atoms with Crippen LogP contribution in [0.5, 0.6) is 0 Å². The summed E-state index contributed by atoms with van der Waals surface area (Å²) < 4.78 is 0. The van der Waals surface area contributed by atoms with E-state index in [0.29, 0.717) is 0 Å². The van der Waals surface area contributed by atoms with E-state index < -0.39 is 0 Å². The lowest BCUT2D eigenvalue weighted by Crippen LogP contribution is -2.35. The molecule has 1 fully saturated rings. The van der Waals surface area contributed by atoms with Crippen molar-refractivity contribution in [3.8, 4) is 0 Å². The van der Waals surface area contributed by atoms with Crippen molar-refractivity contribution in [2.45, 2.75) is 38.6 Å². The molecule has 3 rings (SSSR count). The van der Waals surface area contributed by atoms with Crippen molar-refractivity contribution in [2.75, 3.05) is 32.7 Å². The Bertz CT molecular complexity index is 396. The van der Waals surface area contributed by atoms with Gasteiger partial charge in [0.25, 0.3) is 0 Å². The van der Waals surface area contributed by atoms with E-state index in [0.717, 1.165) is 6.54 Å². The molecule has 104 valence electrons. The molecule has 0 spiro atoms. The van der Waals surface area contributed by atoms with Crippen LogP contribution in [0.15, 0.2) is 24.3 Å². The lowest BCUT2D eigenvalue weighted by molar-refractivity contribution is 0.196. The first-order valence-electron chi connectivity index (χ1n) is 7.93. The van der Waals surface area contributed by atoms with E-state index in [1.54, 1.807) is 11.1 Å². The molecule has 0 N–H and O–H groups in total. The van der Waals surface area contributed by atoms with Gasteiger partial charge in [0.15, 0.2) is 0 Å². The van der Waals surface area contributed by atoms with Gasteiger partial charge in [0, 0.05) is 13.1 Å². The fourth-order valence-electron chi connectivity index (χ4n) is 3.45. The zero-order valence-electron chi connectivity index (χ0n) is 12.0. The Labute approximate surface area is 117 Å². The molecule has 1 saturated heterocycles. The first-order valence-corrected chi connectivity index (χ1v) is 7.93. The highest BCUT2D eigenvalue weighted by Crippen LogP contribution is 2.18. The van der Waals surface area contributed by atoms with Crippen LogP contribution in [0.2, 0.25) is 0 Å². The van der Waals surface area contributed by atoms with E-state index in [2.05, 4.69) is 34.1 Å². The first-order chi connectivity index (χ1) is 9.42. The Kier molecular flexibility index (Phi) is 4.52. The highest BCUT2D eigenvalue weighted by atomic mass is 15.1. The van der Waals surface area contributed by atoms with Gasteiger partial charge in [-0.1, -0.05) is 30.7 Å². The lowest BCUT2D eigenvalue weighted by atomic mass is 10.00. The third-order valence-corrected chi connectivity index (χ3v) is 4.61. The molecule has 0 bridgehead atoms. The maximum Gasteiger partial charge on any atom is 0.0236 e. The molecule has 2 aliphatic heterocycles. The van der Waals surface area contributed by atoms with Crippen molar-refractivity contribution < 1.29 is 0 Å². The van der Waals surface area contributed by atoms with Crippen LogP contribution >= 0.6 is 0 Å². The highest BCUT2D eigenvalue weighted by Gasteiger charge is 2.16. The van der Waals surface area contributed by atoms with Crippen molar-refractivity contribution in [1.29, 1.82) is 0 Å². The van der Waals surface area contributed by atoms with E-state index in [1.807, 2.05) is 0 Å². The van der Waals surface area contributed by atoms with Crippen LogP contribution < -0.4 is 0 Å². The van der Waals surface area contributed by atoms with Gasteiger partial charge < -0.3 is 4.90 Å². The maximum atomic E-state index is 2.65.